The zero-order chi connectivity index (χ0) is 28.2. The number of nitrogens with zero attached hydrogens (tertiary/aromatic N) is 2. The van der Waals surface area contributed by atoms with Crippen LogP contribution in [0.1, 0.15) is 29.8 Å². The minimum atomic E-state index is -3.59. The molecule has 0 radical (unpaired) electrons. The van der Waals surface area contributed by atoms with Crippen molar-refractivity contribution in [3.63, 3.8) is 0 Å². The second-order valence-corrected chi connectivity index (χ2v) is 12.2. The van der Waals surface area contributed by atoms with Crippen LogP contribution in [0.2, 0.25) is 5.02 Å². The van der Waals surface area contributed by atoms with Crippen LogP contribution in [0, 0.1) is 6.92 Å². The zero-order valence-electron chi connectivity index (χ0n) is 22.0. The molecule has 1 amide bonds. The van der Waals surface area contributed by atoms with Gasteiger partial charge in [-0.25, -0.2) is 8.42 Å². The predicted octanol–water partition coefficient (Wildman–Crippen LogP) is 5.07. The standard InChI is InChI=1S/C28H31ClN4O4S2/c1-19(2)37-22-7-4-6-21(18-22)27(34)31-28(38)30-25-9-5-8-24(29)26(25)32-14-16-33(17-15-32)39(35,36)23-12-10-20(3)11-13-23/h4-13,18-19H,14-17H2,1-3H3,(H2,30,31,34,38). The monoisotopic (exact) mass is 586 g/mol. The van der Waals surface area contributed by atoms with Gasteiger partial charge in [0.25, 0.3) is 5.91 Å². The number of amides is 1. The summed E-state index contributed by atoms with van der Waals surface area (Å²) in [5.74, 6) is 0.220. The average Bonchev–Trinajstić information content (AvgIpc) is 2.89. The fourth-order valence-electron chi connectivity index (χ4n) is 4.26. The van der Waals surface area contributed by atoms with Crippen molar-refractivity contribution in [3.05, 3.63) is 82.9 Å². The highest BCUT2D eigenvalue weighted by molar-refractivity contribution is 7.89. The molecule has 1 aliphatic heterocycles. The Kier molecular flexibility index (Phi) is 9.12. The molecular formula is C28H31ClN4O4S2. The SMILES string of the molecule is Cc1ccc(S(=O)(=O)N2CCN(c3c(Cl)cccc3NC(=S)NC(=O)c3cccc(OC(C)C)c3)CC2)cc1. The van der Waals surface area contributed by atoms with Crippen LogP contribution in [0.4, 0.5) is 11.4 Å². The number of aryl methyl sites for hydroxylation is 1. The van der Waals surface area contributed by atoms with E-state index in [0.717, 1.165) is 5.56 Å². The van der Waals surface area contributed by atoms with E-state index in [4.69, 9.17) is 28.6 Å². The maximum atomic E-state index is 13.1. The summed E-state index contributed by atoms with van der Waals surface area (Å²) >= 11 is 12.0. The third-order valence-corrected chi connectivity index (χ3v) is 8.57. The zero-order valence-corrected chi connectivity index (χ0v) is 24.4. The first kappa shape index (κ1) is 28.8. The first-order chi connectivity index (χ1) is 18.5. The van der Waals surface area contributed by atoms with Crippen molar-refractivity contribution in [2.24, 2.45) is 0 Å². The number of piperazine rings is 1. The number of para-hydroxylation sites is 1. The first-order valence-electron chi connectivity index (χ1n) is 12.5. The number of thiocarbonyl (C=S) groups is 1. The summed E-state index contributed by atoms with van der Waals surface area (Å²) in [5, 5.41) is 6.38. The third-order valence-electron chi connectivity index (χ3n) is 6.14. The molecule has 0 aliphatic carbocycles. The summed E-state index contributed by atoms with van der Waals surface area (Å²) in [4.78, 5) is 15.1. The molecular weight excluding hydrogens is 556 g/mol. The minimum absolute atomic E-state index is 0.0168. The lowest BCUT2D eigenvalue weighted by Crippen LogP contribution is -2.49. The van der Waals surface area contributed by atoms with E-state index in [-0.39, 0.29) is 22.0 Å². The normalized spacial score (nSPS) is 14.2. The van der Waals surface area contributed by atoms with Gasteiger partial charge in [0.05, 0.1) is 27.4 Å². The van der Waals surface area contributed by atoms with E-state index >= 15 is 0 Å². The Labute approximate surface area is 240 Å². The van der Waals surface area contributed by atoms with Crippen molar-refractivity contribution >= 4 is 56.2 Å². The summed E-state index contributed by atoms with van der Waals surface area (Å²) < 4.78 is 33.4. The van der Waals surface area contributed by atoms with Gasteiger partial charge in [0.2, 0.25) is 10.0 Å². The van der Waals surface area contributed by atoms with Crippen molar-refractivity contribution < 1.29 is 17.9 Å². The van der Waals surface area contributed by atoms with Gasteiger partial charge in [-0.15, -0.1) is 0 Å². The molecule has 0 unspecified atom stereocenters. The number of benzene rings is 3. The number of hydrogen-bond acceptors (Lipinski definition) is 6. The van der Waals surface area contributed by atoms with Crippen LogP contribution < -0.4 is 20.3 Å². The van der Waals surface area contributed by atoms with Crippen LogP contribution in [0.25, 0.3) is 0 Å². The lowest BCUT2D eigenvalue weighted by molar-refractivity contribution is 0.0977. The van der Waals surface area contributed by atoms with Crippen molar-refractivity contribution in [1.82, 2.24) is 9.62 Å². The first-order valence-corrected chi connectivity index (χ1v) is 14.8. The number of ether oxygens (including phenoxy) is 1. The molecule has 1 aliphatic rings. The van der Waals surface area contributed by atoms with Gasteiger partial charge in [-0.2, -0.15) is 4.31 Å². The molecule has 4 rings (SSSR count). The number of nitrogens with one attached hydrogen (secondary N) is 2. The minimum Gasteiger partial charge on any atom is -0.491 e. The van der Waals surface area contributed by atoms with Crippen LogP contribution in [0.15, 0.2) is 71.6 Å². The molecule has 3 aromatic rings. The molecule has 39 heavy (non-hydrogen) atoms. The van der Waals surface area contributed by atoms with Gasteiger partial charge in [-0.3, -0.25) is 10.1 Å². The number of hydrogen-bond donors (Lipinski definition) is 2. The third kappa shape index (κ3) is 7.07. The maximum absolute atomic E-state index is 13.1. The van der Waals surface area contributed by atoms with Crippen LogP contribution in [0.3, 0.4) is 0 Å². The molecule has 1 saturated heterocycles. The van der Waals surface area contributed by atoms with E-state index in [1.807, 2.05) is 31.7 Å². The molecule has 0 saturated carbocycles. The van der Waals surface area contributed by atoms with Gasteiger partial charge in [-0.1, -0.05) is 41.4 Å². The van der Waals surface area contributed by atoms with E-state index in [2.05, 4.69) is 10.6 Å². The summed E-state index contributed by atoms with van der Waals surface area (Å²) in [5.41, 5.74) is 2.71. The lowest BCUT2D eigenvalue weighted by Gasteiger charge is -2.36. The van der Waals surface area contributed by atoms with Gasteiger partial charge in [0.1, 0.15) is 5.75 Å². The Morgan fingerprint density at radius 2 is 1.67 bits per heavy atom. The van der Waals surface area contributed by atoms with Gasteiger partial charge in [-0.05, 0) is 75.5 Å². The summed E-state index contributed by atoms with van der Waals surface area (Å²) in [6, 6.07) is 19.1. The van der Waals surface area contributed by atoms with E-state index in [9.17, 15) is 13.2 Å². The molecule has 0 atom stereocenters. The van der Waals surface area contributed by atoms with E-state index in [1.165, 1.54) is 4.31 Å². The molecule has 3 aromatic carbocycles. The Balaban J connectivity index is 1.43. The highest BCUT2D eigenvalue weighted by atomic mass is 35.5. The molecule has 2 N–H and O–H groups in total. The molecule has 206 valence electrons. The summed E-state index contributed by atoms with van der Waals surface area (Å²) in [6.07, 6.45) is -0.0168. The van der Waals surface area contributed by atoms with Crippen molar-refractivity contribution in [2.45, 2.75) is 31.8 Å². The quantitative estimate of drug-likeness (QED) is 0.373. The van der Waals surface area contributed by atoms with Gasteiger partial charge >= 0.3 is 0 Å². The van der Waals surface area contributed by atoms with Gasteiger partial charge < -0.3 is 15.0 Å². The average molecular weight is 587 g/mol. The smallest absolute Gasteiger partial charge is 0.257 e. The second kappa shape index (κ2) is 12.3. The van der Waals surface area contributed by atoms with Crippen LogP contribution in [-0.2, 0) is 10.0 Å². The Bertz CT molecular complexity index is 1450. The van der Waals surface area contributed by atoms with Crippen LogP contribution >= 0.6 is 23.8 Å². The van der Waals surface area contributed by atoms with E-state index in [0.29, 0.717) is 53.9 Å². The fourth-order valence-corrected chi connectivity index (χ4v) is 6.18. The highest BCUT2D eigenvalue weighted by Gasteiger charge is 2.30. The number of anilines is 2. The maximum Gasteiger partial charge on any atom is 0.257 e. The van der Waals surface area contributed by atoms with Crippen molar-refractivity contribution in [2.75, 3.05) is 36.4 Å². The van der Waals surface area contributed by atoms with Crippen LogP contribution in [0.5, 0.6) is 5.75 Å². The molecule has 0 aromatic heterocycles. The Morgan fingerprint density at radius 1 is 1.00 bits per heavy atom. The molecule has 0 bridgehead atoms. The van der Waals surface area contributed by atoms with E-state index in [1.54, 1.807) is 60.7 Å². The number of halogens is 1. The van der Waals surface area contributed by atoms with Gasteiger partial charge in [0, 0.05) is 31.7 Å². The topological polar surface area (TPSA) is 91.0 Å². The number of sulfonamides is 1. The molecule has 11 heteroatoms. The molecule has 1 heterocycles. The Morgan fingerprint density at radius 3 is 2.33 bits per heavy atom. The lowest BCUT2D eigenvalue weighted by atomic mass is 10.2. The largest absolute Gasteiger partial charge is 0.491 e. The fraction of sp³-hybridized carbons (Fsp3) is 0.286. The van der Waals surface area contributed by atoms with Crippen LogP contribution in [-0.4, -0.2) is 56.0 Å². The number of carbonyl (C=O) groups excluding carboxylic acids is 1. The molecule has 1 fully saturated rings. The highest BCUT2D eigenvalue weighted by Crippen LogP contribution is 2.35. The molecule has 8 nitrogen and oxygen atoms in total. The second-order valence-electron chi connectivity index (χ2n) is 9.44. The number of rotatable bonds is 7. The number of carbonyl (C=O) groups is 1. The van der Waals surface area contributed by atoms with Crippen molar-refractivity contribution in [1.29, 1.82) is 0 Å². The predicted molar refractivity (Wildman–Crippen MR) is 159 cm³/mol. The summed E-state index contributed by atoms with van der Waals surface area (Å²) in [6.45, 7) is 7.22. The molecule has 0 spiro atoms. The van der Waals surface area contributed by atoms with Crippen molar-refractivity contribution in [3.8, 4) is 5.75 Å². The van der Waals surface area contributed by atoms with E-state index < -0.39 is 10.0 Å². The Hall–Kier alpha value is -3.18. The summed E-state index contributed by atoms with van der Waals surface area (Å²) in [7, 11) is -3.59. The van der Waals surface area contributed by atoms with Gasteiger partial charge in [0.15, 0.2) is 5.11 Å².